The van der Waals surface area contributed by atoms with Gasteiger partial charge in [-0.25, -0.2) is 4.98 Å². The zero-order valence-electron chi connectivity index (χ0n) is 8.09. The Morgan fingerprint density at radius 3 is 2.85 bits per heavy atom. The number of H-pyrrole nitrogens is 1. The Kier molecular flexibility index (Phi) is 2.64. The van der Waals surface area contributed by atoms with Crippen LogP contribution in [0.25, 0.3) is 0 Å². The number of aromatic amines is 1. The van der Waals surface area contributed by atoms with Crippen molar-refractivity contribution >= 4 is 0 Å². The number of piperidine rings is 1. The Labute approximate surface area is 79.0 Å². The van der Waals surface area contributed by atoms with E-state index in [1.54, 1.807) is 6.33 Å². The van der Waals surface area contributed by atoms with Gasteiger partial charge in [-0.3, -0.25) is 0 Å². The first-order chi connectivity index (χ1) is 6.38. The number of rotatable bonds is 2. The maximum Gasteiger partial charge on any atom is 0.0921 e. The highest BCUT2D eigenvalue weighted by Crippen LogP contribution is 2.28. The van der Waals surface area contributed by atoms with Crippen molar-refractivity contribution in [2.75, 3.05) is 13.1 Å². The van der Waals surface area contributed by atoms with Crippen molar-refractivity contribution in [3.8, 4) is 0 Å². The molecule has 1 aliphatic rings. The van der Waals surface area contributed by atoms with Gasteiger partial charge in [-0.1, -0.05) is 6.92 Å². The van der Waals surface area contributed by atoms with Crippen molar-refractivity contribution in [3.05, 3.63) is 18.2 Å². The Balaban J connectivity index is 1.99. The summed E-state index contributed by atoms with van der Waals surface area (Å²) in [6.07, 6.45) is 6.31. The number of nitrogens with one attached hydrogen (secondary N) is 2. The van der Waals surface area contributed by atoms with Gasteiger partial charge in [0, 0.05) is 17.8 Å². The third-order valence-corrected chi connectivity index (χ3v) is 3.10. The van der Waals surface area contributed by atoms with Gasteiger partial charge in [-0.05, 0) is 31.8 Å². The Hall–Kier alpha value is -0.830. The molecule has 3 heteroatoms. The first-order valence-electron chi connectivity index (χ1n) is 5.07. The van der Waals surface area contributed by atoms with Gasteiger partial charge >= 0.3 is 0 Å². The summed E-state index contributed by atoms with van der Waals surface area (Å²) in [4.78, 5) is 7.27. The number of hydrogen-bond donors (Lipinski definition) is 2. The van der Waals surface area contributed by atoms with Crippen LogP contribution in [0.1, 0.15) is 31.4 Å². The van der Waals surface area contributed by atoms with Crippen molar-refractivity contribution in [1.82, 2.24) is 15.3 Å². The average Bonchev–Trinajstić information content (AvgIpc) is 2.71. The largest absolute Gasteiger partial charge is 0.348 e. The van der Waals surface area contributed by atoms with E-state index < -0.39 is 0 Å². The predicted molar refractivity (Wildman–Crippen MR) is 52.6 cm³/mol. The van der Waals surface area contributed by atoms with E-state index in [0.29, 0.717) is 5.92 Å². The molecule has 2 heterocycles. The van der Waals surface area contributed by atoms with Crippen molar-refractivity contribution in [1.29, 1.82) is 0 Å². The van der Waals surface area contributed by atoms with Crippen molar-refractivity contribution in [2.45, 2.75) is 25.7 Å². The molecule has 72 valence electrons. The highest BCUT2D eigenvalue weighted by Gasteiger charge is 2.21. The molecule has 1 aromatic heterocycles. The van der Waals surface area contributed by atoms with Crippen LogP contribution in [0.4, 0.5) is 0 Å². The van der Waals surface area contributed by atoms with E-state index in [0.717, 1.165) is 5.92 Å². The van der Waals surface area contributed by atoms with E-state index in [4.69, 9.17) is 0 Å². The molecule has 13 heavy (non-hydrogen) atoms. The average molecular weight is 179 g/mol. The lowest BCUT2D eigenvalue weighted by molar-refractivity contribution is 0.327. The Morgan fingerprint density at radius 1 is 1.46 bits per heavy atom. The van der Waals surface area contributed by atoms with Crippen LogP contribution in [0.3, 0.4) is 0 Å². The molecule has 2 N–H and O–H groups in total. The lowest BCUT2D eigenvalue weighted by Crippen LogP contribution is -2.30. The monoisotopic (exact) mass is 179 g/mol. The second kappa shape index (κ2) is 3.92. The van der Waals surface area contributed by atoms with Crippen LogP contribution in [0, 0.1) is 5.92 Å². The summed E-state index contributed by atoms with van der Waals surface area (Å²) in [5, 5.41) is 3.39. The molecule has 0 radical (unpaired) electrons. The van der Waals surface area contributed by atoms with E-state index in [1.807, 2.05) is 6.20 Å². The zero-order chi connectivity index (χ0) is 9.10. The molecule has 0 aliphatic carbocycles. The van der Waals surface area contributed by atoms with Crippen LogP contribution in [0.5, 0.6) is 0 Å². The number of hydrogen-bond acceptors (Lipinski definition) is 2. The second-order valence-corrected chi connectivity index (χ2v) is 3.88. The second-order valence-electron chi connectivity index (χ2n) is 3.88. The minimum atomic E-state index is 0.629. The van der Waals surface area contributed by atoms with Crippen molar-refractivity contribution < 1.29 is 0 Å². The number of imidazole rings is 1. The highest BCUT2D eigenvalue weighted by molar-refractivity contribution is 5.04. The fraction of sp³-hybridized carbons (Fsp3) is 0.700. The molecule has 1 saturated heterocycles. The standard InChI is InChI=1S/C10H17N3/c1-8(10-6-12-7-13-10)9-2-4-11-5-3-9/h6-9,11H,2-5H2,1H3,(H,12,13). The minimum absolute atomic E-state index is 0.629. The van der Waals surface area contributed by atoms with Crippen LogP contribution in [-0.4, -0.2) is 23.1 Å². The number of aromatic nitrogens is 2. The lowest BCUT2D eigenvalue weighted by atomic mass is 9.84. The third-order valence-electron chi connectivity index (χ3n) is 3.10. The van der Waals surface area contributed by atoms with Gasteiger partial charge in [0.05, 0.1) is 6.33 Å². The maximum absolute atomic E-state index is 4.07. The zero-order valence-corrected chi connectivity index (χ0v) is 8.09. The normalized spacial score (nSPS) is 21.6. The fourth-order valence-electron chi connectivity index (χ4n) is 2.11. The molecule has 0 amide bonds. The fourth-order valence-corrected chi connectivity index (χ4v) is 2.11. The summed E-state index contributed by atoms with van der Waals surface area (Å²) >= 11 is 0. The summed E-state index contributed by atoms with van der Waals surface area (Å²) in [5.74, 6) is 1.45. The van der Waals surface area contributed by atoms with E-state index in [-0.39, 0.29) is 0 Å². The first kappa shape index (κ1) is 8.75. The molecule has 2 rings (SSSR count). The molecular weight excluding hydrogens is 162 g/mol. The summed E-state index contributed by atoms with van der Waals surface area (Å²) < 4.78 is 0. The maximum atomic E-state index is 4.07. The molecule has 0 bridgehead atoms. The molecule has 3 nitrogen and oxygen atoms in total. The van der Waals surface area contributed by atoms with Crippen LogP contribution < -0.4 is 5.32 Å². The van der Waals surface area contributed by atoms with Gasteiger partial charge in [0.2, 0.25) is 0 Å². The van der Waals surface area contributed by atoms with Crippen LogP contribution in [-0.2, 0) is 0 Å². The highest BCUT2D eigenvalue weighted by atomic mass is 14.9. The molecule has 1 aliphatic heterocycles. The first-order valence-corrected chi connectivity index (χ1v) is 5.07. The van der Waals surface area contributed by atoms with Crippen LogP contribution in [0.15, 0.2) is 12.5 Å². The van der Waals surface area contributed by atoms with Gasteiger partial charge in [-0.2, -0.15) is 0 Å². The molecule has 0 aromatic carbocycles. The summed E-state index contributed by atoms with van der Waals surface area (Å²) in [6, 6.07) is 0. The minimum Gasteiger partial charge on any atom is -0.348 e. The van der Waals surface area contributed by atoms with E-state index >= 15 is 0 Å². The molecule has 1 unspecified atom stereocenters. The Bertz CT molecular complexity index is 237. The van der Waals surface area contributed by atoms with Crippen LogP contribution in [0.2, 0.25) is 0 Å². The molecular formula is C10H17N3. The predicted octanol–water partition coefficient (Wildman–Crippen LogP) is 1.51. The van der Waals surface area contributed by atoms with E-state index in [2.05, 4.69) is 22.2 Å². The van der Waals surface area contributed by atoms with Crippen LogP contribution >= 0.6 is 0 Å². The van der Waals surface area contributed by atoms with Gasteiger partial charge in [-0.15, -0.1) is 0 Å². The number of nitrogens with zero attached hydrogens (tertiary/aromatic N) is 1. The molecule has 0 spiro atoms. The van der Waals surface area contributed by atoms with Crippen molar-refractivity contribution in [2.24, 2.45) is 5.92 Å². The lowest BCUT2D eigenvalue weighted by Gasteiger charge is -2.27. The van der Waals surface area contributed by atoms with E-state index in [9.17, 15) is 0 Å². The topological polar surface area (TPSA) is 40.7 Å². The van der Waals surface area contributed by atoms with E-state index in [1.165, 1.54) is 31.6 Å². The van der Waals surface area contributed by atoms with Gasteiger partial charge in [0.1, 0.15) is 0 Å². The third kappa shape index (κ3) is 1.91. The molecule has 1 atom stereocenters. The smallest absolute Gasteiger partial charge is 0.0921 e. The molecule has 0 saturated carbocycles. The summed E-state index contributed by atoms with van der Waals surface area (Å²) in [6.45, 7) is 4.63. The molecule has 1 aromatic rings. The quantitative estimate of drug-likeness (QED) is 0.722. The summed E-state index contributed by atoms with van der Waals surface area (Å²) in [7, 11) is 0. The Morgan fingerprint density at radius 2 is 2.23 bits per heavy atom. The van der Waals surface area contributed by atoms with Crippen molar-refractivity contribution in [3.63, 3.8) is 0 Å². The van der Waals surface area contributed by atoms with Gasteiger partial charge in [0.25, 0.3) is 0 Å². The van der Waals surface area contributed by atoms with Gasteiger partial charge < -0.3 is 10.3 Å². The van der Waals surface area contributed by atoms with Gasteiger partial charge in [0.15, 0.2) is 0 Å². The summed E-state index contributed by atoms with van der Waals surface area (Å²) in [5.41, 5.74) is 1.28. The molecule has 1 fully saturated rings. The SMILES string of the molecule is CC(c1cnc[nH]1)C1CCNCC1.